The molecule has 1 aromatic rings. The van der Waals surface area contributed by atoms with Crippen molar-refractivity contribution in [2.24, 2.45) is 4.99 Å². The molecule has 1 aromatic carbocycles. The lowest BCUT2D eigenvalue weighted by Gasteiger charge is -2.33. The first-order chi connectivity index (χ1) is 14.3. The van der Waals surface area contributed by atoms with Gasteiger partial charge >= 0.3 is 0 Å². The number of aliphatic imine (C=N–C) groups is 1. The number of piperidine rings is 1. The normalized spacial score (nSPS) is 20.5. The average Bonchev–Trinajstić information content (AvgIpc) is 2.77. The van der Waals surface area contributed by atoms with E-state index < -0.39 is 0 Å². The molecule has 0 aromatic heterocycles. The number of morpholine rings is 1. The number of likely N-dealkylation sites (tertiary alicyclic amines) is 1. The number of hydrogen-bond donors (Lipinski definition) is 2. The van der Waals surface area contributed by atoms with Crippen molar-refractivity contribution in [1.29, 1.82) is 0 Å². The molecule has 2 saturated heterocycles. The Morgan fingerprint density at radius 2 is 1.87 bits per heavy atom. The first-order valence-electron chi connectivity index (χ1n) is 11.4. The summed E-state index contributed by atoms with van der Waals surface area (Å²) in [6, 6.07) is 9.53. The molecule has 7 heteroatoms. The van der Waals surface area contributed by atoms with Crippen molar-refractivity contribution < 1.29 is 4.74 Å². The molecular weight excluding hydrogens is 489 g/mol. The van der Waals surface area contributed by atoms with Gasteiger partial charge < -0.3 is 25.2 Å². The molecule has 1 unspecified atom stereocenters. The Kier molecular flexibility index (Phi) is 11.8. The van der Waals surface area contributed by atoms with E-state index in [1.165, 1.54) is 43.6 Å². The zero-order chi connectivity index (χ0) is 20.3. The third kappa shape index (κ3) is 8.23. The van der Waals surface area contributed by atoms with Gasteiger partial charge in [0.25, 0.3) is 0 Å². The van der Waals surface area contributed by atoms with Gasteiger partial charge in [0.15, 0.2) is 5.96 Å². The van der Waals surface area contributed by atoms with Crippen LogP contribution in [0.25, 0.3) is 0 Å². The van der Waals surface area contributed by atoms with E-state index in [1.807, 2.05) is 0 Å². The lowest BCUT2D eigenvalue weighted by Crippen LogP contribution is -2.41. The van der Waals surface area contributed by atoms with Crippen LogP contribution < -0.4 is 15.5 Å². The summed E-state index contributed by atoms with van der Waals surface area (Å²) in [5.74, 6) is 0.913. The summed E-state index contributed by atoms with van der Waals surface area (Å²) in [6.45, 7) is 13.0. The second-order valence-corrected chi connectivity index (χ2v) is 8.12. The predicted molar refractivity (Wildman–Crippen MR) is 137 cm³/mol. The first-order valence-corrected chi connectivity index (χ1v) is 11.4. The second kappa shape index (κ2) is 14.1. The Balaban J connectivity index is 0.00000320. The standard InChI is InChI=1S/C23H39N5O.HI/c1-3-24-23(25-12-6-14-27-13-5-4-7-20(27)2)26-19-21-8-10-22(11-9-21)28-15-17-29-18-16-28;/h8-11,20H,3-7,12-19H2,1-2H3,(H2,24,25,26);1H. The zero-order valence-corrected chi connectivity index (χ0v) is 21.1. The average molecular weight is 530 g/mol. The molecule has 2 N–H and O–H groups in total. The van der Waals surface area contributed by atoms with Crippen molar-refractivity contribution in [3.63, 3.8) is 0 Å². The SMILES string of the molecule is CCNC(=NCc1ccc(N2CCOCC2)cc1)NCCCN1CCCCC1C.I. The van der Waals surface area contributed by atoms with Crippen molar-refractivity contribution in [1.82, 2.24) is 15.5 Å². The van der Waals surface area contributed by atoms with Gasteiger partial charge in [-0.05, 0) is 57.4 Å². The number of nitrogens with zero attached hydrogens (tertiary/aromatic N) is 3. The van der Waals surface area contributed by atoms with Gasteiger partial charge in [0.1, 0.15) is 0 Å². The number of anilines is 1. The largest absolute Gasteiger partial charge is 0.378 e. The van der Waals surface area contributed by atoms with Crippen LogP contribution in [0.15, 0.2) is 29.3 Å². The molecule has 170 valence electrons. The predicted octanol–water partition coefficient (Wildman–Crippen LogP) is 3.46. The summed E-state index contributed by atoms with van der Waals surface area (Å²) in [7, 11) is 0. The van der Waals surface area contributed by atoms with Crippen molar-refractivity contribution in [2.75, 3.05) is 57.4 Å². The van der Waals surface area contributed by atoms with E-state index in [0.717, 1.165) is 57.8 Å². The van der Waals surface area contributed by atoms with Crippen LogP contribution in [0.3, 0.4) is 0 Å². The summed E-state index contributed by atoms with van der Waals surface area (Å²) in [6.07, 6.45) is 5.25. The van der Waals surface area contributed by atoms with E-state index in [1.54, 1.807) is 0 Å². The van der Waals surface area contributed by atoms with E-state index in [4.69, 9.17) is 9.73 Å². The molecule has 0 radical (unpaired) electrons. The van der Waals surface area contributed by atoms with Crippen LogP contribution in [0.4, 0.5) is 5.69 Å². The van der Waals surface area contributed by atoms with Gasteiger partial charge in [-0.15, -0.1) is 24.0 Å². The number of benzene rings is 1. The molecule has 0 bridgehead atoms. The Morgan fingerprint density at radius 1 is 1.10 bits per heavy atom. The highest BCUT2D eigenvalue weighted by atomic mass is 127. The van der Waals surface area contributed by atoms with E-state index in [-0.39, 0.29) is 24.0 Å². The van der Waals surface area contributed by atoms with Gasteiger partial charge in [0, 0.05) is 44.5 Å². The van der Waals surface area contributed by atoms with Crippen LogP contribution in [0.1, 0.15) is 45.1 Å². The molecule has 6 nitrogen and oxygen atoms in total. The molecule has 2 fully saturated rings. The number of nitrogens with one attached hydrogen (secondary N) is 2. The summed E-state index contributed by atoms with van der Waals surface area (Å²) in [5, 5.41) is 6.86. The van der Waals surface area contributed by atoms with Crippen molar-refractivity contribution in [3.8, 4) is 0 Å². The van der Waals surface area contributed by atoms with Crippen LogP contribution >= 0.6 is 24.0 Å². The van der Waals surface area contributed by atoms with E-state index in [2.05, 4.69) is 58.5 Å². The minimum atomic E-state index is 0. The Hall–Kier alpha value is -1.06. The van der Waals surface area contributed by atoms with E-state index >= 15 is 0 Å². The first kappa shape index (κ1) is 25.2. The molecule has 0 saturated carbocycles. The third-order valence-electron chi connectivity index (χ3n) is 5.93. The van der Waals surface area contributed by atoms with Crippen LogP contribution in [0, 0.1) is 0 Å². The van der Waals surface area contributed by atoms with Crippen molar-refractivity contribution in [2.45, 2.75) is 52.1 Å². The summed E-state index contributed by atoms with van der Waals surface area (Å²) < 4.78 is 5.44. The molecule has 3 rings (SSSR count). The molecule has 0 amide bonds. The summed E-state index contributed by atoms with van der Waals surface area (Å²) in [4.78, 5) is 9.78. The minimum absolute atomic E-state index is 0. The van der Waals surface area contributed by atoms with Gasteiger partial charge in [0.05, 0.1) is 19.8 Å². The van der Waals surface area contributed by atoms with Gasteiger partial charge in [-0.25, -0.2) is 4.99 Å². The fraction of sp³-hybridized carbons (Fsp3) is 0.696. The third-order valence-corrected chi connectivity index (χ3v) is 5.93. The number of rotatable bonds is 8. The maximum absolute atomic E-state index is 5.44. The number of halogens is 1. The lowest BCUT2D eigenvalue weighted by molar-refractivity contribution is 0.122. The topological polar surface area (TPSA) is 52.1 Å². The summed E-state index contributed by atoms with van der Waals surface area (Å²) >= 11 is 0. The monoisotopic (exact) mass is 529 g/mol. The Labute approximate surface area is 199 Å². The van der Waals surface area contributed by atoms with Crippen molar-refractivity contribution >= 4 is 35.6 Å². The molecule has 0 aliphatic carbocycles. The van der Waals surface area contributed by atoms with Crippen LogP contribution in [-0.4, -0.2) is 69.4 Å². The van der Waals surface area contributed by atoms with E-state index in [0.29, 0.717) is 6.54 Å². The molecule has 2 aliphatic rings. The van der Waals surface area contributed by atoms with Crippen LogP contribution in [0.5, 0.6) is 0 Å². The fourth-order valence-corrected chi connectivity index (χ4v) is 4.12. The maximum Gasteiger partial charge on any atom is 0.191 e. The zero-order valence-electron chi connectivity index (χ0n) is 18.7. The quantitative estimate of drug-likeness (QED) is 0.234. The summed E-state index contributed by atoms with van der Waals surface area (Å²) in [5.41, 5.74) is 2.51. The second-order valence-electron chi connectivity index (χ2n) is 8.12. The smallest absolute Gasteiger partial charge is 0.191 e. The molecule has 1 atom stereocenters. The van der Waals surface area contributed by atoms with Crippen LogP contribution in [0.2, 0.25) is 0 Å². The molecule has 2 aliphatic heterocycles. The van der Waals surface area contributed by atoms with Gasteiger partial charge in [-0.2, -0.15) is 0 Å². The Morgan fingerprint density at radius 3 is 2.57 bits per heavy atom. The molecule has 2 heterocycles. The maximum atomic E-state index is 5.44. The van der Waals surface area contributed by atoms with Gasteiger partial charge in [0.2, 0.25) is 0 Å². The highest BCUT2D eigenvalue weighted by molar-refractivity contribution is 14.0. The molecular formula is C23H40IN5O. The van der Waals surface area contributed by atoms with E-state index in [9.17, 15) is 0 Å². The molecule has 0 spiro atoms. The Bertz CT molecular complexity index is 619. The van der Waals surface area contributed by atoms with Gasteiger partial charge in [-0.1, -0.05) is 18.6 Å². The number of guanidine groups is 1. The molecule has 30 heavy (non-hydrogen) atoms. The number of hydrogen-bond acceptors (Lipinski definition) is 4. The highest BCUT2D eigenvalue weighted by Crippen LogP contribution is 2.17. The lowest BCUT2D eigenvalue weighted by atomic mass is 10.0. The fourth-order valence-electron chi connectivity index (χ4n) is 4.12. The van der Waals surface area contributed by atoms with Gasteiger partial charge in [-0.3, -0.25) is 0 Å². The highest BCUT2D eigenvalue weighted by Gasteiger charge is 2.17. The minimum Gasteiger partial charge on any atom is -0.378 e. The number of ether oxygens (including phenoxy) is 1. The van der Waals surface area contributed by atoms with Crippen LogP contribution in [-0.2, 0) is 11.3 Å². The van der Waals surface area contributed by atoms with Crippen molar-refractivity contribution in [3.05, 3.63) is 29.8 Å².